The van der Waals surface area contributed by atoms with Crippen molar-refractivity contribution in [2.75, 3.05) is 34.9 Å². The molecule has 182 valence electrons. The Morgan fingerprint density at radius 3 is 2.60 bits per heavy atom. The number of likely N-dealkylation sites (N-methyl/N-ethyl adjacent to an activating group) is 1. The maximum Gasteiger partial charge on any atom is 0.240 e. The second-order valence-corrected chi connectivity index (χ2v) is 10.1. The van der Waals surface area contributed by atoms with Crippen LogP contribution in [0, 0.1) is 0 Å². The summed E-state index contributed by atoms with van der Waals surface area (Å²) in [7, 11) is 7.36. The Hall–Kier alpha value is -3.25. The van der Waals surface area contributed by atoms with E-state index >= 15 is 0 Å². The topological polar surface area (TPSA) is 51.2 Å². The molecular formula is C28H30N2O4S. The normalized spacial score (nSPS) is 19.9. The number of fused-ring (bicyclic) bond motifs is 3. The van der Waals surface area contributed by atoms with Crippen LogP contribution < -0.4 is 8.92 Å². The van der Waals surface area contributed by atoms with E-state index in [0.717, 1.165) is 36.4 Å². The lowest BCUT2D eigenvalue weighted by atomic mass is 9.83. The summed E-state index contributed by atoms with van der Waals surface area (Å²) in [6.45, 7) is 1.63. The predicted octanol–water partition coefficient (Wildman–Crippen LogP) is 4.37. The Kier molecular flexibility index (Phi) is 6.56. The highest BCUT2D eigenvalue weighted by atomic mass is 32.2. The molecule has 2 aromatic carbocycles. The summed E-state index contributed by atoms with van der Waals surface area (Å²) in [5.74, 6) is 1.92. The van der Waals surface area contributed by atoms with Gasteiger partial charge in [-0.15, -0.1) is 0 Å². The molecule has 6 nitrogen and oxygen atoms in total. The largest absolute Gasteiger partial charge is 0.493 e. The molecular weight excluding hydrogens is 460 g/mol. The molecule has 0 radical (unpaired) electrons. The Labute approximate surface area is 209 Å². The van der Waals surface area contributed by atoms with Gasteiger partial charge in [0.05, 0.1) is 24.8 Å². The summed E-state index contributed by atoms with van der Waals surface area (Å²) in [6.07, 6.45) is 6.09. The molecule has 1 aliphatic carbocycles. The van der Waals surface area contributed by atoms with E-state index in [1.807, 2.05) is 50.5 Å². The smallest absolute Gasteiger partial charge is 0.240 e. The van der Waals surface area contributed by atoms with Gasteiger partial charge >= 0.3 is 0 Å². The number of nitrogens with zero attached hydrogens (tertiary/aromatic N) is 2. The Balaban J connectivity index is 1.51. The van der Waals surface area contributed by atoms with Crippen molar-refractivity contribution in [2.24, 2.45) is 0 Å². The number of ether oxygens (including phenoxy) is 2. The van der Waals surface area contributed by atoms with Crippen LogP contribution in [0.2, 0.25) is 0 Å². The molecule has 0 bridgehead atoms. The fourth-order valence-electron chi connectivity index (χ4n) is 5.01. The number of rotatable bonds is 6. The average molecular weight is 491 g/mol. The molecule has 2 unspecified atom stereocenters. The van der Waals surface area contributed by atoms with Crippen molar-refractivity contribution in [3.63, 3.8) is 0 Å². The maximum absolute atomic E-state index is 13.0. The highest BCUT2D eigenvalue weighted by Crippen LogP contribution is 2.42. The van der Waals surface area contributed by atoms with E-state index in [1.54, 1.807) is 14.2 Å². The van der Waals surface area contributed by atoms with Crippen molar-refractivity contribution < 1.29 is 17.9 Å². The molecule has 0 amide bonds. The van der Waals surface area contributed by atoms with Crippen LogP contribution in [-0.4, -0.2) is 54.9 Å². The molecule has 2 atom stereocenters. The standard InChI is InChI=1S/C28H30N2O4S/c1-29(2)25-17-22-19(10-12-26(25)32-3)14-15-30-18-23-20(16-24(22)30)11-13-27(33-4)28(23)34-35(31)21-8-6-5-7-9-21/h5-11,13,17,24H,14-16,18H2,1-4H3. The number of benzene rings is 2. The third kappa shape index (κ3) is 4.43. The van der Waals surface area contributed by atoms with Crippen LogP contribution in [0.25, 0.3) is 0 Å². The molecule has 0 spiro atoms. The third-order valence-electron chi connectivity index (χ3n) is 6.84. The Morgan fingerprint density at radius 2 is 1.89 bits per heavy atom. The van der Waals surface area contributed by atoms with Crippen LogP contribution in [0.1, 0.15) is 17.5 Å². The van der Waals surface area contributed by atoms with Gasteiger partial charge in [-0.05, 0) is 59.9 Å². The minimum absolute atomic E-state index is 0.233. The van der Waals surface area contributed by atoms with E-state index in [9.17, 15) is 4.21 Å². The first-order valence-electron chi connectivity index (χ1n) is 11.7. The zero-order valence-electron chi connectivity index (χ0n) is 20.5. The molecule has 2 heterocycles. The Morgan fingerprint density at radius 1 is 1.09 bits per heavy atom. The zero-order valence-corrected chi connectivity index (χ0v) is 21.4. The van der Waals surface area contributed by atoms with Crippen molar-refractivity contribution in [1.82, 2.24) is 9.80 Å². The zero-order chi connectivity index (χ0) is 24.5. The van der Waals surface area contributed by atoms with E-state index in [1.165, 1.54) is 16.7 Å². The van der Waals surface area contributed by atoms with E-state index in [0.29, 0.717) is 22.9 Å². The van der Waals surface area contributed by atoms with Crippen molar-refractivity contribution in [1.29, 1.82) is 0 Å². The molecule has 0 saturated heterocycles. The molecule has 7 heteroatoms. The van der Waals surface area contributed by atoms with Gasteiger partial charge in [-0.1, -0.05) is 30.0 Å². The molecule has 0 saturated carbocycles. The molecule has 5 rings (SSSR count). The molecule has 3 aliphatic rings. The lowest BCUT2D eigenvalue weighted by Crippen LogP contribution is -2.45. The highest BCUT2D eigenvalue weighted by molar-refractivity contribution is 7.80. The predicted molar refractivity (Wildman–Crippen MR) is 136 cm³/mol. The van der Waals surface area contributed by atoms with Crippen LogP contribution in [-0.2, 0) is 28.8 Å². The van der Waals surface area contributed by atoms with Gasteiger partial charge in [0.25, 0.3) is 0 Å². The second-order valence-electron chi connectivity index (χ2n) is 9.03. The summed E-state index contributed by atoms with van der Waals surface area (Å²) in [5, 5.41) is 0. The van der Waals surface area contributed by atoms with Gasteiger partial charge in [0.1, 0.15) is 0 Å². The lowest BCUT2D eigenvalue weighted by Gasteiger charge is -2.42. The van der Waals surface area contributed by atoms with Crippen LogP contribution in [0.3, 0.4) is 0 Å². The average Bonchev–Trinajstić information content (AvgIpc) is 3.08. The van der Waals surface area contributed by atoms with Crippen molar-refractivity contribution in [3.8, 4) is 11.5 Å². The van der Waals surface area contributed by atoms with Gasteiger partial charge in [0, 0.05) is 38.8 Å². The van der Waals surface area contributed by atoms with Crippen molar-refractivity contribution in [3.05, 3.63) is 94.1 Å². The maximum atomic E-state index is 13.0. The second kappa shape index (κ2) is 9.78. The van der Waals surface area contributed by atoms with E-state index in [2.05, 4.69) is 33.7 Å². The minimum Gasteiger partial charge on any atom is -0.493 e. The van der Waals surface area contributed by atoms with Crippen LogP contribution in [0.15, 0.2) is 87.8 Å². The van der Waals surface area contributed by atoms with Gasteiger partial charge in [-0.3, -0.25) is 4.90 Å². The summed E-state index contributed by atoms with van der Waals surface area (Å²) in [6, 6.07) is 13.5. The molecule has 2 aliphatic heterocycles. The van der Waals surface area contributed by atoms with Crippen molar-refractivity contribution >= 4 is 11.1 Å². The van der Waals surface area contributed by atoms with Gasteiger partial charge in [0.2, 0.25) is 11.1 Å². The fraction of sp³-hybridized carbons (Fsp3) is 0.321. The number of methoxy groups -OCH3 is 2. The van der Waals surface area contributed by atoms with E-state index < -0.39 is 11.1 Å². The third-order valence-corrected chi connectivity index (χ3v) is 7.81. The van der Waals surface area contributed by atoms with Crippen LogP contribution in [0.4, 0.5) is 0 Å². The van der Waals surface area contributed by atoms with E-state index in [4.69, 9.17) is 13.7 Å². The molecule has 2 aromatic rings. The first kappa shape index (κ1) is 23.5. The van der Waals surface area contributed by atoms with Crippen LogP contribution >= 0.6 is 0 Å². The SMILES string of the molecule is COC1=C=CC2=C(C=C1N(C)C)C1Cc3ccc(OC)c(OS(=O)c4ccccc4)c3CN1CC2. The van der Waals surface area contributed by atoms with Gasteiger partial charge in [-0.2, -0.15) is 0 Å². The monoisotopic (exact) mass is 490 g/mol. The van der Waals surface area contributed by atoms with Gasteiger partial charge in [0.15, 0.2) is 17.3 Å². The van der Waals surface area contributed by atoms with Crippen molar-refractivity contribution in [2.45, 2.75) is 30.3 Å². The number of hydrogen-bond acceptors (Lipinski definition) is 6. The van der Waals surface area contributed by atoms with Gasteiger partial charge in [-0.25, -0.2) is 4.21 Å². The molecule has 0 N–H and O–H groups in total. The molecule has 35 heavy (non-hydrogen) atoms. The molecule has 0 fully saturated rings. The van der Waals surface area contributed by atoms with E-state index in [-0.39, 0.29) is 6.04 Å². The lowest BCUT2D eigenvalue weighted by molar-refractivity contribution is 0.186. The Bertz CT molecular complexity index is 1290. The summed E-state index contributed by atoms with van der Waals surface area (Å²) in [4.78, 5) is 5.18. The summed E-state index contributed by atoms with van der Waals surface area (Å²) in [5.41, 5.74) is 9.20. The summed E-state index contributed by atoms with van der Waals surface area (Å²) < 4.78 is 30.3. The molecule has 0 aromatic heterocycles. The first-order chi connectivity index (χ1) is 17.0. The minimum atomic E-state index is -1.63. The first-order valence-corrected chi connectivity index (χ1v) is 12.8. The van der Waals surface area contributed by atoms with Crippen LogP contribution in [0.5, 0.6) is 11.5 Å². The number of hydrogen-bond donors (Lipinski definition) is 0. The van der Waals surface area contributed by atoms with Gasteiger partial charge < -0.3 is 18.6 Å². The summed E-state index contributed by atoms with van der Waals surface area (Å²) >= 11 is -1.63. The highest BCUT2D eigenvalue weighted by Gasteiger charge is 2.36. The fourth-order valence-corrected chi connectivity index (χ4v) is 5.82. The quantitative estimate of drug-likeness (QED) is 0.561.